The van der Waals surface area contributed by atoms with E-state index in [0.717, 1.165) is 17.9 Å². The maximum absolute atomic E-state index is 5.33. The molecule has 3 nitrogen and oxygen atoms in total. The Morgan fingerprint density at radius 3 is 3.00 bits per heavy atom. The summed E-state index contributed by atoms with van der Waals surface area (Å²) in [5.74, 6) is 1.56. The second-order valence-corrected chi connectivity index (χ2v) is 2.89. The van der Waals surface area contributed by atoms with Crippen LogP contribution in [-0.2, 0) is 11.3 Å². The van der Waals surface area contributed by atoms with Crippen LogP contribution in [0, 0.1) is 0 Å². The van der Waals surface area contributed by atoms with Crippen molar-refractivity contribution in [3.63, 3.8) is 0 Å². The molecule has 0 aliphatic carbocycles. The van der Waals surface area contributed by atoms with Gasteiger partial charge in [-0.3, -0.25) is 0 Å². The summed E-state index contributed by atoms with van der Waals surface area (Å²) >= 11 is 0. The van der Waals surface area contributed by atoms with E-state index in [1.54, 1.807) is 6.26 Å². The summed E-state index contributed by atoms with van der Waals surface area (Å²) in [5, 5.41) is 3.20. The Morgan fingerprint density at radius 1 is 1.57 bits per heavy atom. The van der Waals surface area contributed by atoms with Gasteiger partial charge in [-0.1, -0.05) is 13.5 Å². The highest BCUT2D eigenvalue weighted by molar-refractivity contribution is 5.58. The highest BCUT2D eigenvalue weighted by atomic mass is 16.5. The molecule has 1 aromatic heterocycles. The van der Waals surface area contributed by atoms with Gasteiger partial charge in [-0.25, -0.2) is 0 Å². The summed E-state index contributed by atoms with van der Waals surface area (Å²) in [6.07, 6.45) is 1.66. The van der Waals surface area contributed by atoms with Gasteiger partial charge in [0.1, 0.15) is 11.5 Å². The van der Waals surface area contributed by atoms with Gasteiger partial charge >= 0.3 is 0 Å². The van der Waals surface area contributed by atoms with Crippen molar-refractivity contribution in [1.29, 1.82) is 0 Å². The van der Waals surface area contributed by atoms with Crippen molar-refractivity contribution in [1.82, 2.24) is 5.32 Å². The van der Waals surface area contributed by atoms with Crippen molar-refractivity contribution in [3.8, 4) is 0 Å². The molecule has 1 N–H and O–H groups in total. The van der Waals surface area contributed by atoms with Crippen molar-refractivity contribution in [2.45, 2.75) is 20.4 Å². The van der Waals surface area contributed by atoms with Crippen molar-refractivity contribution in [2.24, 2.45) is 0 Å². The minimum absolute atomic E-state index is 0.630. The Bertz CT molecular complexity index is 291. The molecule has 0 aromatic carbocycles. The first-order chi connectivity index (χ1) is 6.79. The SMILES string of the molecule is C=C(OCC)c1ccoc1CNCC. The summed E-state index contributed by atoms with van der Waals surface area (Å²) in [7, 11) is 0. The van der Waals surface area contributed by atoms with Gasteiger partial charge in [-0.2, -0.15) is 0 Å². The van der Waals surface area contributed by atoms with Gasteiger partial charge in [0.15, 0.2) is 0 Å². The van der Waals surface area contributed by atoms with Crippen LogP contribution in [0.2, 0.25) is 0 Å². The van der Waals surface area contributed by atoms with Crippen LogP contribution in [0.4, 0.5) is 0 Å². The Hall–Kier alpha value is -1.22. The maximum atomic E-state index is 5.33. The van der Waals surface area contributed by atoms with Crippen molar-refractivity contribution >= 4 is 5.76 Å². The van der Waals surface area contributed by atoms with Crippen molar-refractivity contribution < 1.29 is 9.15 Å². The minimum atomic E-state index is 0.630. The van der Waals surface area contributed by atoms with E-state index in [1.165, 1.54) is 0 Å². The quantitative estimate of drug-likeness (QED) is 0.708. The summed E-state index contributed by atoms with van der Waals surface area (Å²) in [5.41, 5.74) is 0.952. The van der Waals surface area contributed by atoms with Gasteiger partial charge in [0, 0.05) is 0 Å². The number of rotatable bonds is 6. The van der Waals surface area contributed by atoms with Crippen LogP contribution in [-0.4, -0.2) is 13.2 Å². The molecule has 14 heavy (non-hydrogen) atoms. The van der Waals surface area contributed by atoms with Gasteiger partial charge in [0.05, 0.1) is 25.0 Å². The predicted octanol–water partition coefficient (Wildman–Crippen LogP) is 2.40. The van der Waals surface area contributed by atoms with E-state index in [9.17, 15) is 0 Å². The van der Waals surface area contributed by atoms with Crippen LogP contribution in [0.5, 0.6) is 0 Å². The number of furan rings is 1. The Morgan fingerprint density at radius 2 is 2.36 bits per heavy atom. The molecule has 1 rings (SSSR count). The van der Waals surface area contributed by atoms with Crippen molar-refractivity contribution in [3.05, 3.63) is 30.2 Å². The normalized spacial score (nSPS) is 10.1. The van der Waals surface area contributed by atoms with Crippen molar-refractivity contribution in [2.75, 3.05) is 13.2 Å². The second kappa shape index (κ2) is 5.50. The Labute approximate surface area is 84.8 Å². The third kappa shape index (κ3) is 2.64. The smallest absolute Gasteiger partial charge is 0.128 e. The zero-order valence-electron chi connectivity index (χ0n) is 8.80. The fourth-order valence-electron chi connectivity index (χ4n) is 1.22. The fourth-order valence-corrected chi connectivity index (χ4v) is 1.22. The summed E-state index contributed by atoms with van der Waals surface area (Å²) < 4.78 is 10.7. The van der Waals surface area contributed by atoms with Gasteiger partial charge < -0.3 is 14.5 Å². The number of hydrogen-bond donors (Lipinski definition) is 1. The van der Waals surface area contributed by atoms with Crippen LogP contribution in [0.1, 0.15) is 25.2 Å². The third-order valence-electron chi connectivity index (χ3n) is 1.90. The molecule has 1 heterocycles. The monoisotopic (exact) mass is 195 g/mol. The molecule has 0 bridgehead atoms. The Kier molecular flexibility index (Phi) is 4.26. The molecule has 3 heteroatoms. The maximum Gasteiger partial charge on any atom is 0.128 e. The topological polar surface area (TPSA) is 34.4 Å². The molecule has 0 saturated heterocycles. The predicted molar refractivity (Wildman–Crippen MR) is 56.7 cm³/mol. The van der Waals surface area contributed by atoms with Gasteiger partial charge in [0.25, 0.3) is 0 Å². The largest absolute Gasteiger partial charge is 0.494 e. The van der Waals surface area contributed by atoms with E-state index in [0.29, 0.717) is 18.9 Å². The van der Waals surface area contributed by atoms with Crippen LogP contribution in [0.15, 0.2) is 23.3 Å². The molecule has 0 fully saturated rings. The molecule has 0 saturated carbocycles. The third-order valence-corrected chi connectivity index (χ3v) is 1.90. The van der Waals surface area contributed by atoms with E-state index in [2.05, 4.69) is 18.8 Å². The van der Waals surface area contributed by atoms with E-state index in [1.807, 2.05) is 13.0 Å². The lowest BCUT2D eigenvalue weighted by Gasteiger charge is -2.06. The van der Waals surface area contributed by atoms with E-state index < -0.39 is 0 Å². The van der Waals surface area contributed by atoms with Crippen LogP contribution in [0.3, 0.4) is 0 Å². The van der Waals surface area contributed by atoms with Crippen LogP contribution in [0.25, 0.3) is 5.76 Å². The second-order valence-electron chi connectivity index (χ2n) is 2.89. The van der Waals surface area contributed by atoms with Gasteiger partial charge in [-0.15, -0.1) is 0 Å². The summed E-state index contributed by atoms with van der Waals surface area (Å²) in [6, 6.07) is 1.88. The number of hydrogen-bond acceptors (Lipinski definition) is 3. The summed E-state index contributed by atoms with van der Waals surface area (Å²) in [4.78, 5) is 0. The van der Waals surface area contributed by atoms with E-state index >= 15 is 0 Å². The molecule has 0 amide bonds. The van der Waals surface area contributed by atoms with Gasteiger partial charge in [-0.05, 0) is 19.5 Å². The highest BCUT2D eigenvalue weighted by Gasteiger charge is 2.09. The lowest BCUT2D eigenvalue weighted by atomic mass is 10.2. The molecular formula is C11H17NO2. The van der Waals surface area contributed by atoms with E-state index in [-0.39, 0.29) is 0 Å². The zero-order chi connectivity index (χ0) is 10.4. The number of nitrogens with one attached hydrogen (secondary N) is 1. The fraction of sp³-hybridized carbons (Fsp3) is 0.455. The first-order valence-corrected chi connectivity index (χ1v) is 4.88. The first kappa shape index (κ1) is 10.9. The van der Waals surface area contributed by atoms with Gasteiger partial charge in [0.2, 0.25) is 0 Å². The molecule has 1 aromatic rings. The number of ether oxygens (including phenoxy) is 1. The molecule has 0 radical (unpaired) electrons. The lowest BCUT2D eigenvalue weighted by molar-refractivity contribution is 0.298. The minimum Gasteiger partial charge on any atom is -0.494 e. The van der Waals surface area contributed by atoms with Crippen LogP contribution < -0.4 is 5.32 Å². The zero-order valence-corrected chi connectivity index (χ0v) is 8.80. The summed E-state index contributed by atoms with van der Waals surface area (Å²) in [6.45, 7) is 10.1. The molecule has 0 spiro atoms. The molecule has 0 atom stereocenters. The standard InChI is InChI=1S/C11H17NO2/c1-4-12-8-11-10(6-7-14-11)9(3)13-5-2/h6-7,12H,3-5,8H2,1-2H3. The molecule has 0 unspecified atom stereocenters. The lowest BCUT2D eigenvalue weighted by Crippen LogP contribution is -2.12. The van der Waals surface area contributed by atoms with Crippen LogP contribution >= 0.6 is 0 Å². The highest BCUT2D eigenvalue weighted by Crippen LogP contribution is 2.19. The average Bonchev–Trinajstić information content (AvgIpc) is 2.63. The Balaban J connectivity index is 2.66. The average molecular weight is 195 g/mol. The molecular weight excluding hydrogens is 178 g/mol. The molecule has 0 aliphatic rings. The molecule has 0 aliphatic heterocycles. The van der Waals surface area contributed by atoms with E-state index in [4.69, 9.17) is 9.15 Å². The first-order valence-electron chi connectivity index (χ1n) is 4.88. The molecule has 78 valence electrons.